The number of hydrogen-bond donors (Lipinski definition) is 1. The lowest BCUT2D eigenvalue weighted by Gasteiger charge is -2.35. The molecule has 0 aromatic carbocycles. The van der Waals surface area contributed by atoms with Gasteiger partial charge in [0.05, 0.1) is 19.3 Å². The van der Waals surface area contributed by atoms with Crippen molar-refractivity contribution < 1.29 is 14.3 Å². The van der Waals surface area contributed by atoms with Crippen LogP contribution in [-0.2, 0) is 9.47 Å². The van der Waals surface area contributed by atoms with Crippen LogP contribution in [0.3, 0.4) is 0 Å². The van der Waals surface area contributed by atoms with Crippen LogP contribution in [0.25, 0.3) is 0 Å². The van der Waals surface area contributed by atoms with Gasteiger partial charge in [0, 0.05) is 45.9 Å². The van der Waals surface area contributed by atoms with Crippen molar-refractivity contribution in [2.75, 3.05) is 59.1 Å². The van der Waals surface area contributed by atoms with E-state index in [4.69, 9.17) is 9.47 Å². The normalized spacial score (nSPS) is 28.0. The van der Waals surface area contributed by atoms with Crippen molar-refractivity contribution in [3.05, 3.63) is 0 Å². The highest BCUT2D eigenvalue weighted by molar-refractivity contribution is 5.74. The monoisotopic (exact) mass is 339 g/mol. The molecule has 3 aliphatic rings. The van der Waals surface area contributed by atoms with Gasteiger partial charge < -0.3 is 19.7 Å². The predicted molar refractivity (Wildman–Crippen MR) is 93.1 cm³/mol. The Morgan fingerprint density at radius 1 is 1.12 bits per heavy atom. The number of piperidine rings is 1. The Hall–Kier alpha value is -0.850. The van der Waals surface area contributed by atoms with Gasteiger partial charge in [-0.3, -0.25) is 4.90 Å². The van der Waals surface area contributed by atoms with Crippen LogP contribution in [0.4, 0.5) is 4.79 Å². The molecule has 3 heterocycles. The number of carbonyl (C=O) groups excluding carboxylic acids is 1. The number of likely N-dealkylation sites (tertiary alicyclic amines) is 1. The molecule has 0 aromatic heterocycles. The summed E-state index contributed by atoms with van der Waals surface area (Å²) >= 11 is 0. The van der Waals surface area contributed by atoms with Crippen molar-refractivity contribution >= 4 is 6.03 Å². The molecule has 2 amide bonds. The van der Waals surface area contributed by atoms with Gasteiger partial charge >= 0.3 is 6.03 Å². The molecule has 0 unspecified atom stereocenters. The average Bonchev–Trinajstić information content (AvgIpc) is 3.15. The lowest BCUT2D eigenvalue weighted by molar-refractivity contribution is 0.0313. The van der Waals surface area contributed by atoms with Gasteiger partial charge in [-0.15, -0.1) is 0 Å². The molecule has 3 saturated heterocycles. The summed E-state index contributed by atoms with van der Waals surface area (Å²) in [7, 11) is 0. The number of amides is 2. The van der Waals surface area contributed by atoms with Crippen LogP contribution in [0.2, 0.25) is 0 Å². The van der Waals surface area contributed by atoms with Crippen molar-refractivity contribution in [1.82, 2.24) is 15.1 Å². The Kier molecular flexibility index (Phi) is 6.75. The summed E-state index contributed by atoms with van der Waals surface area (Å²) in [6.07, 6.45) is 5.02. The summed E-state index contributed by atoms with van der Waals surface area (Å²) in [6, 6.07) is 0.106. The highest BCUT2D eigenvalue weighted by Gasteiger charge is 2.30. The van der Waals surface area contributed by atoms with Crippen LogP contribution in [-0.4, -0.2) is 81.0 Å². The number of nitrogens with zero attached hydrogens (tertiary/aromatic N) is 2. The first kappa shape index (κ1) is 18.0. The minimum Gasteiger partial charge on any atom is -0.379 e. The molecule has 6 heteroatoms. The number of morpholine rings is 1. The molecule has 0 radical (unpaired) electrons. The fourth-order valence-electron chi connectivity index (χ4n) is 4.11. The van der Waals surface area contributed by atoms with Gasteiger partial charge in [-0.2, -0.15) is 0 Å². The largest absolute Gasteiger partial charge is 0.379 e. The average molecular weight is 339 g/mol. The Morgan fingerprint density at radius 2 is 1.88 bits per heavy atom. The minimum atomic E-state index is 0.106. The van der Waals surface area contributed by atoms with E-state index in [9.17, 15) is 4.79 Å². The van der Waals surface area contributed by atoms with E-state index in [2.05, 4.69) is 17.1 Å². The van der Waals surface area contributed by atoms with Gasteiger partial charge in [-0.1, -0.05) is 6.92 Å². The van der Waals surface area contributed by atoms with E-state index in [0.717, 1.165) is 71.9 Å². The van der Waals surface area contributed by atoms with Gasteiger partial charge in [-0.25, -0.2) is 4.79 Å². The zero-order valence-corrected chi connectivity index (χ0v) is 15.0. The third kappa shape index (κ3) is 5.07. The van der Waals surface area contributed by atoms with Crippen LogP contribution in [0.1, 0.15) is 32.6 Å². The van der Waals surface area contributed by atoms with Crippen LogP contribution in [0.15, 0.2) is 0 Å². The topological polar surface area (TPSA) is 54.0 Å². The molecule has 0 bridgehead atoms. The number of carbonyl (C=O) groups is 1. The van der Waals surface area contributed by atoms with Crippen LogP contribution < -0.4 is 5.32 Å². The molecule has 138 valence electrons. The van der Waals surface area contributed by atoms with Crippen molar-refractivity contribution in [2.45, 2.75) is 38.7 Å². The Morgan fingerprint density at radius 3 is 2.54 bits per heavy atom. The van der Waals surface area contributed by atoms with Gasteiger partial charge in [0.25, 0.3) is 0 Å². The third-order valence-corrected chi connectivity index (χ3v) is 5.59. The first-order chi connectivity index (χ1) is 11.7. The van der Waals surface area contributed by atoms with E-state index >= 15 is 0 Å². The van der Waals surface area contributed by atoms with E-state index in [1.807, 2.05) is 4.90 Å². The molecule has 0 saturated carbocycles. The molecule has 3 aliphatic heterocycles. The Balaban J connectivity index is 1.32. The minimum absolute atomic E-state index is 0.106. The number of hydrogen-bond acceptors (Lipinski definition) is 4. The maximum atomic E-state index is 12.4. The van der Waals surface area contributed by atoms with E-state index in [-0.39, 0.29) is 6.03 Å². The molecular formula is C18H33N3O3. The maximum Gasteiger partial charge on any atom is 0.317 e. The van der Waals surface area contributed by atoms with Crippen LogP contribution in [0.5, 0.6) is 0 Å². The Labute approximate surface area is 145 Å². The molecule has 6 nitrogen and oxygen atoms in total. The summed E-state index contributed by atoms with van der Waals surface area (Å²) in [6.45, 7) is 10.3. The summed E-state index contributed by atoms with van der Waals surface area (Å²) in [5.41, 5.74) is 0. The fourth-order valence-corrected chi connectivity index (χ4v) is 4.11. The molecular weight excluding hydrogens is 306 g/mol. The zero-order chi connectivity index (χ0) is 16.8. The summed E-state index contributed by atoms with van der Waals surface area (Å²) in [5, 5.41) is 3.12. The smallest absolute Gasteiger partial charge is 0.317 e. The molecule has 24 heavy (non-hydrogen) atoms. The fraction of sp³-hybridized carbons (Fsp3) is 0.944. The lowest BCUT2D eigenvalue weighted by Crippen LogP contribution is -2.48. The quantitative estimate of drug-likeness (QED) is 0.826. The molecule has 3 fully saturated rings. The first-order valence-corrected chi connectivity index (χ1v) is 9.67. The molecule has 2 atom stereocenters. The number of urea groups is 1. The lowest BCUT2D eigenvalue weighted by atomic mass is 9.90. The van der Waals surface area contributed by atoms with Crippen molar-refractivity contribution in [2.24, 2.45) is 11.8 Å². The van der Waals surface area contributed by atoms with Crippen LogP contribution in [0, 0.1) is 11.8 Å². The molecule has 0 aromatic rings. The maximum absolute atomic E-state index is 12.4. The van der Waals surface area contributed by atoms with Crippen LogP contribution >= 0.6 is 0 Å². The Bertz CT molecular complexity index is 387. The summed E-state index contributed by atoms with van der Waals surface area (Å²) in [5.74, 6) is 1.12. The highest BCUT2D eigenvalue weighted by atomic mass is 16.5. The van der Waals surface area contributed by atoms with Crippen molar-refractivity contribution in [1.29, 1.82) is 0 Å². The predicted octanol–water partition coefficient (Wildman–Crippen LogP) is 1.56. The second-order valence-corrected chi connectivity index (χ2v) is 7.58. The second kappa shape index (κ2) is 9.02. The number of rotatable bonds is 5. The molecule has 3 rings (SSSR count). The van der Waals surface area contributed by atoms with Crippen molar-refractivity contribution in [3.8, 4) is 0 Å². The SMILES string of the molecule is C[C@H](CNC(=O)N1CCC([C@H]2CCCO2)CC1)CN1CCOCC1. The first-order valence-electron chi connectivity index (χ1n) is 9.67. The molecule has 0 aliphatic carbocycles. The number of ether oxygens (including phenoxy) is 2. The number of nitrogens with one attached hydrogen (secondary N) is 1. The highest BCUT2D eigenvalue weighted by Crippen LogP contribution is 2.28. The zero-order valence-electron chi connectivity index (χ0n) is 15.0. The molecule has 1 N–H and O–H groups in total. The standard InChI is InChI=1S/C18H33N3O3/c1-15(14-20-8-11-23-12-9-20)13-19-18(22)21-6-4-16(5-7-21)17-3-2-10-24-17/h15-17H,2-14H2,1H3,(H,19,22)/t15-,17-/m1/s1. The summed E-state index contributed by atoms with van der Waals surface area (Å²) < 4.78 is 11.2. The summed E-state index contributed by atoms with van der Waals surface area (Å²) in [4.78, 5) is 16.8. The van der Waals surface area contributed by atoms with Gasteiger partial charge in [0.1, 0.15) is 0 Å². The van der Waals surface area contributed by atoms with E-state index in [0.29, 0.717) is 17.9 Å². The molecule has 0 spiro atoms. The van der Waals surface area contributed by atoms with E-state index in [1.165, 1.54) is 12.8 Å². The van der Waals surface area contributed by atoms with Gasteiger partial charge in [0.15, 0.2) is 0 Å². The van der Waals surface area contributed by atoms with Gasteiger partial charge in [0.2, 0.25) is 0 Å². The third-order valence-electron chi connectivity index (χ3n) is 5.59. The second-order valence-electron chi connectivity index (χ2n) is 7.58. The van der Waals surface area contributed by atoms with Gasteiger partial charge in [-0.05, 0) is 37.5 Å². The van der Waals surface area contributed by atoms with Crippen molar-refractivity contribution in [3.63, 3.8) is 0 Å². The van der Waals surface area contributed by atoms with E-state index < -0.39 is 0 Å². The van der Waals surface area contributed by atoms with E-state index in [1.54, 1.807) is 0 Å².